The smallest absolute Gasteiger partial charge is 0.234 e. The molecular formula is C22H18ClN5O2S. The summed E-state index contributed by atoms with van der Waals surface area (Å²) in [5.74, 6) is 1.33. The summed E-state index contributed by atoms with van der Waals surface area (Å²) in [4.78, 5) is 16.6. The zero-order valence-electron chi connectivity index (χ0n) is 16.5. The summed E-state index contributed by atoms with van der Waals surface area (Å²) in [6, 6.07) is 18.4. The van der Waals surface area contributed by atoms with E-state index < -0.39 is 0 Å². The fourth-order valence-corrected chi connectivity index (χ4v) is 3.82. The minimum absolute atomic E-state index is 0.145. The molecule has 0 aliphatic heterocycles. The van der Waals surface area contributed by atoms with Crippen molar-refractivity contribution in [3.63, 3.8) is 0 Å². The minimum atomic E-state index is -0.190. The Bertz CT molecular complexity index is 1180. The molecule has 0 radical (unpaired) electrons. The zero-order valence-corrected chi connectivity index (χ0v) is 18.1. The molecule has 4 rings (SSSR count). The molecule has 2 heterocycles. The average Bonchev–Trinajstić information content (AvgIpc) is 3.24. The molecule has 0 spiro atoms. The van der Waals surface area contributed by atoms with Gasteiger partial charge in [0.05, 0.1) is 23.6 Å². The topological polar surface area (TPSA) is 81.9 Å². The van der Waals surface area contributed by atoms with Crippen molar-refractivity contribution in [2.75, 3.05) is 18.2 Å². The number of carbonyl (C=O) groups excluding carboxylic acids is 1. The van der Waals surface area contributed by atoms with Crippen LogP contribution in [0.1, 0.15) is 0 Å². The second-order valence-electron chi connectivity index (χ2n) is 6.40. The van der Waals surface area contributed by atoms with E-state index in [0.717, 1.165) is 17.0 Å². The van der Waals surface area contributed by atoms with Crippen LogP contribution >= 0.6 is 23.4 Å². The van der Waals surface area contributed by atoms with Gasteiger partial charge in [0.1, 0.15) is 5.75 Å². The first kappa shape index (κ1) is 20.9. The fourth-order valence-electron chi connectivity index (χ4n) is 2.89. The number of amides is 1. The maximum absolute atomic E-state index is 12.5. The molecule has 31 heavy (non-hydrogen) atoms. The van der Waals surface area contributed by atoms with Crippen LogP contribution < -0.4 is 10.1 Å². The number of carbonyl (C=O) groups is 1. The highest BCUT2D eigenvalue weighted by Crippen LogP contribution is 2.29. The van der Waals surface area contributed by atoms with Crippen molar-refractivity contribution in [1.29, 1.82) is 0 Å². The molecule has 0 bridgehead atoms. The van der Waals surface area contributed by atoms with Gasteiger partial charge in [0, 0.05) is 23.6 Å². The van der Waals surface area contributed by atoms with Crippen molar-refractivity contribution < 1.29 is 9.53 Å². The molecule has 0 aliphatic rings. The molecule has 0 aliphatic carbocycles. The molecule has 0 atom stereocenters. The second kappa shape index (κ2) is 9.63. The van der Waals surface area contributed by atoms with Gasteiger partial charge in [-0.05, 0) is 48.5 Å². The number of hydrogen-bond acceptors (Lipinski definition) is 6. The van der Waals surface area contributed by atoms with E-state index in [1.165, 1.54) is 11.8 Å². The van der Waals surface area contributed by atoms with Crippen molar-refractivity contribution >= 4 is 35.0 Å². The largest absolute Gasteiger partial charge is 0.497 e. The Kier molecular flexibility index (Phi) is 6.49. The third-order valence-electron chi connectivity index (χ3n) is 4.36. The molecule has 2 aromatic heterocycles. The summed E-state index contributed by atoms with van der Waals surface area (Å²) in [6.45, 7) is 0. The first-order chi connectivity index (χ1) is 15.2. The Morgan fingerprint density at radius 3 is 2.61 bits per heavy atom. The number of ether oxygens (including phenoxy) is 1. The number of anilines is 1. The monoisotopic (exact) mass is 451 g/mol. The first-order valence-electron chi connectivity index (χ1n) is 9.33. The Labute approximate surface area is 188 Å². The highest BCUT2D eigenvalue weighted by atomic mass is 35.5. The Hall–Kier alpha value is -3.36. The number of nitrogens with one attached hydrogen (secondary N) is 1. The fraction of sp³-hybridized carbons (Fsp3) is 0.0909. The standard InChI is InChI=1S/C22H18ClN5O2S/c1-30-17-10-8-16(9-11-17)28-21(15-5-4-12-24-13-15)26-27-22(28)31-14-20(29)25-19-7-3-2-6-18(19)23/h2-13H,14H2,1H3,(H,25,29). The van der Waals surface area contributed by atoms with Crippen LogP contribution in [0.4, 0.5) is 5.69 Å². The number of methoxy groups -OCH3 is 1. The lowest BCUT2D eigenvalue weighted by atomic mass is 10.2. The SMILES string of the molecule is COc1ccc(-n2c(SCC(=O)Nc3ccccc3Cl)nnc2-c2cccnc2)cc1. The van der Waals surface area contributed by atoms with Crippen LogP contribution in [0.3, 0.4) is 0 Å². The third-order valence-corrected chi connectivity index (χ3v) is 5.62. The van der Waals surface area contributed by atoms with Crippen LogP contribution in [0.15, 0.2) is 78.2 Å². The van der Waals surface area contributed by atoms with E-state index >= 15 is 0 Å². The van der Waals surface area contributed by atoms with Crippen molar-refractivity contribution in [2.24, 2.45) is 0 Å². The van der Waals surface area contributed by atoms with Crippen molar-refractivity contribution in [2.45, 2.75) is 5.16 Å². The molecule has 1 amide bonds. The average molecular weight is 452 g/mol. The number of pyridine rings is 1. The molecule has 0 saturated carbocycles. The van der Waals surface area contributed by atoms with Crippen LogP contribution in [0, 0.1) is 0 Å². The van der Waals surface area contributed by atoms with Gasteiger partial charge in [-0.3, -0.25) is 14.3 Å². The van der Waals surface area contributed by atoms with E-state index in [2.05, 4.69) is 20.5 Å². The normalized spacial score (nSPS) is 10.6. The van der Waals surface area contributed by atoms with Crippen LogP contribution in [-0.4, -0.2) is 38.5 Å². The molecule has 0 unspecified atom stereocenters. The summed E-state index contributed by atoms with van der Waals surface area (Å²) in [7, 11) is 1.62. The lowest BCUT2D eigenvalue weighted by Gasteiger charge is -2.11. The van der Waals surface area contributed by atoms with Gasteiger partial charge >= 0.3 is 0 Å². The Morgan fingerprint density at radius 2 is 1.90 bits per heavy atom. The summed E-state index contributed by atoms with van der Waals surface area (Å²) in [5, 5.41) is 12.6. The second-order valence-corrected chi connectivity index (χ2v) is 7.75. The first-order valence-corrected chi connectivity index (χ1v) is 10.7. The third kappa shape index (κ3) is 4.87. The van der Waals surface area contributed by atoms with Crippen LogP contribution in [-0.2, 0) is 4.79 Å². The van der Waals surface area contributed by atoms with Crippen molar-refractivity contribution in [3.8, 4) is 22.8 Å². The van der Waals surface area contributed by atoms with Crippen molar-refractivity contribution in [1.82, 2.24) is 19.7 Å². The molecule has 9 heteroatoms. The summed E-state index contributed by atoms with van der Waals surface area (Å²) in [6.07, 6.45) is 3.43. The number of halogens is 1. The molecule has 4 aromatic rings. The number of rotatable bonds is 7. The predicted molar refractivity (Wildman–Crippen MR) is 122 cm³/mol. The Morgan fingerprint density at radius 1 is 1.10 bits per heavy atom. The van der Waals surface area contributed by atoms with Gasteiger partial charge in [-0.2, -0.15) is 0 Å². The number of nitrogens with zero attached hydrogens (tertiary/aromatic N) is 4. The van der Waals surface area contributed by atoms with Gasteiger partial charge in [0.25, 0.3) is 0 Å². The summed E-state index contributed by atoms with van der Waals surface area (Å²) < 4.78 is 7.15. The highest BCUT2D eigenvalue weighted by molar-refractivity contribution is 7.99. The zero-order chi connectivity index (χ0) is 21.6. The molecule has 156 valence electrons. The van der Waals surface area contributed by atoms with Gasteiger partial charge in [0.15, 0.2) is 11.0 Å². The molecule has 1 N–H and O–H groups in total. The quantitative estimate of drug-likeness (QED) is 0.409. The van der Waals surface area contributed by atoms with Gasteiger partial charge in [0.2, 0.25) is 5.91 Å². The summed E-state index contributed by atoms with van der Waals surface area (Å²) >= 11 is 7.41. The number of benzene rings is 2. The van der Waals surface area contributed by atoms with Gasteiger partial charge < -0.3 is 10.1 Å². The van der Waals surface area contributed by atoms with E-state index in [-0.39, 0.29) is 11.7 Å². The van der Waals surface area contributed by atoms with E-state index in [4.69, 9.17) is 16.3 Å². The van der Waals surface area contributed by atoms with Crippen LogP contribution in [0.2, 0.25) is 5.02 Å². The number of aromatic nitrogens is 4. The number of thioether (sulfide) groups is 1. The highest BCUT2D eigenvalue weighted by Gasteiger charge is 2.18. The predicted octanol–water partition coefficient (Wildman–Crippen LogP) is 4.72. The molecule has 2 aromatic carbocycles. The van der Waals surface area contributed by atoms with E-state index in [1.807, 2.05) is 53.1 Å². The number of hydrogen-bond donors (Lipinski definition) is 1. The maximum atomic E-state index is 12.5. The van der Waals surface area contributed by atoms with Gasteiger partial charge in [-0.25, -0.2) is 0 Å². The van der Waals surface area contributed by atoms with E-state index in [1.54, 1.807) is 31.6 Å². The maximum Gasteiger partial charge on any atom is 0.234 e. The summed E-state index contributed by atoms with van der Waals surface area (Å²) in [5.41, 5.74) is 2.24. The van der Waals surface area contributed by atoms with Crippen LogP contribution in [0.5, 0.6) is 5.75 Å². The van der Waals surface area contributed by atoms with E-state index in [0.29, 0.717) is 21.7 Å². The molecule has 7 nitrogen and oxygen atoms in total. The lowest BCUT2D eigenvalue weighted by Crippen LogP contribution is -2.14. The Balaban J connectivity index is 1.60. The van der Waals surface area contributed by atoms with Gasteiger partial charge in [-0.15, -0.1) is 10.2 Å². The number of para-hydroxylation sites is 1. The minimum Gasteiger partial charge on any atom is -0.497 e. The molecular weight excluding hydrogens is 434 g/mol. The van der Waals surface area contributed by atoms with Crippen LogP contribution in [0.25, 0.3) is 17.1 Å². The van der Waals surface area contributed by atoms with Crippen molar-refractivity contribution in [3.05, 3.63) is 78.1 Å². The van der Waals surface area contributed by atoms with Gasteiger partial charge in [-0.1, -0.05) is 35.5 Å². The molecule has 0 fully saturated rings. The molecule has 0 saturated heterocycles. The van der Waals surface area contributed by atoms with E-state index in [9.17, 15) is 4.79 Å². The lowest BCUT2D eigenvalue weighted by molar-refractivity contribution is -0.113.